The van der Waals surface area contributed by atoms with Crippen molar-refractivity contribution in [1.29, 1.82) is 0 Å². The monoisotopic (exact) mass is 317 g/mol. The zero-order chi connectivity index (χ0) is 16.9. The molecule has 0 bridgehead atoms. The first-order valence-corrected chi connectivity index (χ1v) is 6.68. The van der Waals surface area contributed by atoms with E-state index in [1.165, 1.54) is 0 Å². The van der Waals surface area contributed by atoms with Crippen molar-refractivity contribution in [1.82, 2.24) is 10.2 Å². The first-order valence-electron chi connectivity index (χ1n) is 6.68. The van der Waals surface area contributed by atoms with Crippen LogP contribution in [0.2, 0.25) is 0 Å². The molecule has 1 aliphatic heterocycles. The van der Waals surface area contributed by atoms with Crippen molar-refractivity contribution < 1.29 is 34.5 Å². The molecular weight excluding hydrogens is 298 g/mol. The van der Waals surface area contributed by atoms with Crippen molar-refractivity contribution in [3.63, 3.8) is 0 Å². The molecule has 0 saturated carbocycles. The molecule has 0 aromatic carbocycles. The average molecular weight is 317 g/mol. The standard InChI is InChI=1S/C12H19N3O7/c13-4-9(17)15-5-6(16)3-8(15)11(20)14-7(12(21)22)1-2-10(18)19/h6-8,16H,1-5,13H2,(H,14,20)(H,18,19)(H,21,22)/t6?,7-,8-/m0/s1. The Morgan fingerprint density at radius 2 is 1.91 bits per heavy atom. The minimum absolute atomic E-state index is 0.0250. The topological polar surface area (TPSA) is 170 Å². The largest absolute Gasteiger partial charge is 0.481 e. The first kappa shape index (κ1) is 17.9. The SMILES string of the molecule is NCC(=O)N1CC(O)C[C@H]1C(=O)N[C@@H](CCC(=O)O)C(=O)O. The van der Waals surface area contributed by atoms with E-state index in [1.54, 1.807) is 0 Å². The summed E-state index contributed by atoms with van der Waals surface area (Å²) in [5.41, 5.74) is 5.23. The number of likely N-dealkylation sites (tertiary alicyclic amines) is 1. The molecule has 1 heterocycles. The van der Waals surface area contributed by atoms with E-state index in [0.29, 0.717) is 0 Å². The molecule has 0 spiro atoms. The van der Waals surface area contributed by atoms with Gasteiger partial charge in [0, 0.05) is 19.4 Å². The van der Waals surface area contributed by atoms with Gasteiger partial charge in [0.1, 0.15) is 12.1 Å². The molecule has 1 fully saturated rings. The number of hydrogen-bond acceptors (Lipinski definition) is 6. The van der Waals surface area contributed by atoms with Crippen molar-refractivity contribution in [2.45, 2.75) is 37.5 Å². The maximum absolute atomic E-state index is 12.1. The van der Waals surface area contributed by atoms with Crippen molar-refractivity contribution in [2.24, 2.45) is 5.73 Å². The third-order valence-corrected chi connectivity index (χ3v) is 3.34. The van der Waals surface area contributed by atoms with Gasteiger partial charge in [0.15, 0.2) is 0 Å². The van der Waals surface area contributed by atoms with Crippen LogP contribution in [0.15, 0.2) is 0 Å². The predicted molar refractivity (Wildman–Crippen MR) is 71.6 cm³/mol. The third kappa shape index (κ3) is 4.67. The van der Waals surface area contributed by atoms with Crippen LogP contribution >= 0.6 is 0 Å². The lowest BCUT2D eigenvalue weighted by molar-refractivity contribution is -0.144. The van der Waals surface area contributed by atoms with Crippen molar-refractivity contribution in [2.75, 3.05) is 13.1 Å². The van der Waals surface area contributed by atoms with Crippen LogP contribution in [0.3, 0.4) is 0 Å². The lowest BCUT2D eigenvalue weighted by Gasteiger charge is -2.24. The van der Waals surface area contributed by atoms with Gasteiger partial charge >= 0.3 is 11.9 Å². The van der Waals surface area contributed by atoms with Gasteiger partial charge < -0.3 is 31.3 Å². The second kappa shape index (κ2) is 7.71. The fraction of sp³-hybridized carbons (Fsp3) is 0.667. The molecule has 0 aromatic rings. The van der Waals surface area contributed by atoms with Gasteiger partial charge in [-0.05, 0) is 6.42 Å². The van der Waals surface area contributed by atoms with E-state index in [1.807, 2.05) is 0 Å². The summed E-state index contributed by atoms with van der Waals surface area (Å²) in [6, 6.07) is -2.39. The molecule has 0 aliphatic carbocycles. The molecule has 3 atom stereocenters. The fourth-order valence-corrected chi connectivity index (χ4v) is 2.25. The van der Waals surface area contributed by atoms with E-state index >= 15 is 0 Å². The molecule has 10 heteroatoms. The van der Waals surface area contributed by atoms with Gasteiger partial charge in [-0.2, -0.15) is 0 Å². The summed E-state index contributed by atoms with van der Waals surface area (Å²) in [5, 5.41) is 29.3. The summed E-state index contributed by atoms with van der Waals surface area (Å²) in [6.07, 6.45) is -1.62. The Labute approximate surface area is 125 Å². The van der Waals surface area contributed by atoms with Gasteiger partial charge in [-0.1, -0.05) is 0 Å². The molecule has 1 saturated heterocycles. The van der Waals surface area contributed by atoms with Gasteiger partial charge in [-0.3, -0.25) is 14.4 Å². The fourth-order valence-electron chi connectivity index (χ4n) is 2.25. The number of carbonyl (C=O) groups is 4. The van der Waals surface area contributed by atoms with Crippen LogP contribution in [-0.2, 0) is 19.2 Å². The number of carboxylic acids is 2. The number of rotatable bonds is 7. The van der Waals surface area contributed by atoms with Gasteiger partial charge in [-0.25, -0.2) is 4.79 Å². The Morgan fingerprint density at radius 3 is 2.41 bits per heavy atom. The van der Waals surface area contributed by atoms with Crippen LogP contribution in [0.4, 0.5) is 0 Å². The summed E-state index contributed by atoms with van der Waals surface area (Å²) in [4.78, 5) is 46.4. The smallest absolute Gasteiger partial charge is 0.326 e. The third-order valence-electron chi connectivity index (χ3n) is 3.34. The molecule has 2 amide bonds. The molecule has 22 heavy (non-hydrogen) atoms. The zero-order valence-corrected chi connectivity index (χ0v) is 11.8. The second-order valence-corrected chi connectivity index (χ2v) is 4.99. The van der Waals surface area contributed by atoms with Crippen LogP contribution in [-0.4, -0.2) is 75.2 Å². The number of carbonyl (C=O) groups excluding carboxylic acids is 2. The lowest BCUT2D eigenvalue weighted by Crippen LogP contribution is -2.51. The summed E-state index contributed by atoms with van der Waals surface area (Å²) < 4.78 is 0. The van der Waals surface area contributed by atoms with E-state index in [-0.39, 0.29) is 25.9 Å². The summed E-state index contributed by atoms with van der Waals surface area (Å²) in [6.45, 7) is -0.390. The van der Waals surface area contributed by atoms with Crippen LogP contribution in [0, 0.1) is 0 Å². The van der Waals surface area contributed by atoms with E-state index in [4.69, 9.17) is 15.9 Å². The van der Waals surface area contributed by atoms with E-state index in [0.717, 1.165) is 4.90 Å². The summed E-state index contributed by atoms with van der Waals surface area (Å²) >= 11 is 0. The normalized spacial score (nSPS) is 22.2. The summed E-state index contributed by atoms with van der Waals surface area (Å²) in [7, 11) is 0. The molecule has 10 nitrogen and oxygen atoms in total. The zero-order valence-electron chi connectivity index (χ0n) is 11.8. The minimum atomic E-state index is -1.38. The molecule has 0 aromatic heterocycles. The van der Waals surface area contributed by atoms with Crippen LogP contribution in [0.25, 0.3) is 0 Å². The van der Waals surface area contributed by atoms with Gasteiger partial charge in [0.05, 0.1) is 12.6 Å². The van der Waals surface area contributed by atoms with Gasteiger partial charge in [0.25, 0.3) is 0 Å². The Balaban J connectivity index is 2.73. The molecule has 124 valence electrons. The molecule has 1 aliphatic rings. The van der Waals surface area contributed by atoms with Crippen molar-refractivity contribution in [3.8, 4) is 0 Å². The number of amides is 2. The van der Waals surface area contributed by atoms with Crippen molar-refractivity contribution >= 4 is 23.8 Å². The van der Waals surface area contributed by atoms with Crippen molar-refractivity contribution in [3.05, 3.63) is 0 Å². The maximum atomic E-state index is 12.1. The quantitative estimate of drug-likeness (QED) is 0.338. The highest BCUT2D eigenvalue weighted by molar-refractivity contribution is 5.91. The molecule has 1 unspecified atom stereocenters. The number of aliphatic hydroxyl groups is 1. The highest BCUT2D eigenvalue weighted by atomic mass is 16.4. The number of nitrogens with zero attached hydrogens (tertiary/aromatic N) is 1. The van der Waals surface area contributed by atoms with Gasteiger partial charge in [-0.15, -0.1) is 0 Å². The van der Waals surface area contributed by atoms with Crippen LogP contribution in [0.1, 0.15) is 19.3 Å². The Hall–Kier alpha value is -2.20. The number of β-amino-alcohol motifs (C(OH)–C–C–N with tert-alkyl or cyclic N) is 1. The highest BCUT2D eigenvalue weighted by Crippen LogP contribution is 2.18. The van der Waals surface area contributed by atoms with Crippen LogP contribution in [0.5, 0.6) is 0 Å². The Bertz CT molecular complexity index is 468. The molecular formula is C12H19N3O7. The number of nitrogens with one attached hydrogen (secondary N) is 1. The Morgan fingerprint density at radius 1 is 1.27 bits per heavy atom. The summed E-state index contributed by atoms with van der Waals surface area (Å²) in [5.74, 6) is -3.84. The molecule has 0 radical (unpaired) electrons. The van der Waals surface area contributed by atoms with Crippen LogP contribution < -0.4 is 11.1 Å². The number of aliphatic hydroxyl groups excluding tert-OH is 1. The first-order chi connectivity index (χ1) is 10.3. The number of carboxylic acid groups (broad SMARTS) is 2. The van der Waals surface area contributed by atoms with E-state index < -0.39 is 48.4 Å². The molecule has 6 N–H and O–H groups in total. The lowest BCUT2D eigenvalue weighted by atomic mass is 10.1. The maximum Gasteiger partial charge on any atom is 0.326 e. The predicted octanol–water partition coefficient (Wildman–Crippen LogP) is -2.66. The van der Waals surface area contributed by atoms with E-state index in [9.17, 15) is 24.3 Å². The average Bonchev–Trinajstić information content (AvgIpc) is 2.83. The van der Waals surface area contributed by atoms with E-state index in [2.05, 4.69) is 5.32 Å². The van der Waals surface area contributed by atoms with Gasteiger partial charge in [0.2, 0.25) is 11.8 Å². The minimum Gasteiger partial charge on any atom is -0.481 e. The number of hydrogen-bond donors (Lipinski definition) is 5. The number of nitrogens with two attached hydrogens (primary N) is 1. The number of aliphatic carboxylic acids is 2. The second-order valence-electron chi connectivity index (χ2n) is 4.99. The molecule has 1 rings (SSSR count). The highest BCUT2D eigenvalue weighted by Gasteiger charge is 2.39. The Kier molecular flexibility index (Phi) is 6.25.